The second-order valence-corrected chi connectivity index (χ2v) is 9.49. The van der Waals surface area contributed by atoms with Crippen molar-refractivity contribution < 1.29 is 22.7 Å². The van der Waals surface area contributed by atoms with Crippen molar-refractivity contribution in [1.82, 2.24) is 10.2 Å². The van der Waals surface area contributed by atoms with Gasteiger partial charge in [-0.2, -0.15) is 0 Å². The molecule has 0 saturated heterocycles. The fraction of sp³-hybridized carbons (Fsp3) is 0.417. The van der Waals surface area contributed by atoms with E-state index < -0.39 is 28.5 Å². The number of hydrogen-bond acceptors (Lipinski definition) is 5. The van der Waals surface area contributed by atoms with E-state index in [2.05, 4.69) is 5.32 Å². The molecule has 0 aromatic heterocycles. The van der Waals surface area contributed by atoms with Gasteiger partial charge in [0.15, 0.2) is 0 Å². The van der Waals surface area contributed by atoms with E-state index in [0.717, 1.165) is 16.1 Å². The molecule has 0 spiro atoms. The second-order valence-electron chi connectivity index (χ2n) is 7.58. The van der Waals surface area contributed by atoms with Gasteiger partial charge in [0.05, 0.1) is 19.1 Å². The summed E-state index contributed by atoms with van der Waals surface area (Å²) in [5, 5.41) is 2.78. The number of nitrogens with one attached hydrogen (secondary N) is 1. The number of methoxy groups -OCH3 is 1. The Morgan fingerprint density at radius 3 is 2.24 bits per heavy atom. The Bertz CT molecular complexity index is 1030. The zero-order chi connectivity index (χ0) is 24.4. The molecule has 1 atom stereocenters. The first-order valence-corrected chi connectivity index (χ1v) is 12.8. The van der Waals surface area contributed by atoms with E-state index in [-0.39, 0.29) is 18.1 Å². The van der Waals surface area contributed by atoms with E-state index >= 15 is 0 Å². The fourth-order valence-corrected chi connectivity index (χ4v) is 4.47. The van der Waals surface area contributed by atoms with E-state index in [1.807, 2.05) is 44.2 Å². The van der Waals surface area contributed by atoms with E-state index in [1.54, 1.807) is 24.3 Å². The van der Waals surface area contributed by atoms with Gasteiger partial charge in [0.2, 0.25) is 21.8 Å². The summed E-state index contributed by atoms with van der Waals surface area (Å²) >= 11 is 0. The maximum Gasteiger partial charge on any atom is 0.244 e. The summed E-state index contributed by atoms with van der Waals surface area (Å²) < 4.78 is 31.6. The lowest BCUT2D eigenvalue weighted by atomic mass is 10.1. The highest BCUT2D eigenvalue weighted by Crippen LogP contribution is 2.29. The number of carbonyl (C=O) groups is 2. The quantitative estimate of drug-likeness (QED) is 0.509. The molecule has 2 rings (SSSR count). The average Bonchev–Trinajstić information content (AvgIpc) is 2.80. The summed E-state index contributed by atoms with van der Waals surface area (Å²) in [6, 6.07) is 15.5. The molecule has 33 heavy (non-hydrogen) atoms. The van der Waals surface area contributed by atoms with Crippen LogP contribution in [0.4, 0.5) is 5.69 Å². The highest BCUT2D eigenvalue weighted by molar-refractivity contribution is 7.92. The third-order valence-electron chi connectivity index (χ3n) is 5.25. The van der Waals surface area contributed by atoms with E-state index in [9.17, 15) is 18.0 Å². The lowest BCUT2D eigenvalue weighted by Gasteiger charge is -2.33. The van der Waals surface area contributed by atoms with Gasteiger partial charge in [-0.3, -0.25) is 13.9 Å². The minimum absolute atomic E-state index is 0.260. The van der Waals surface area contributed by atoms with Crippen LogP contribution in [0, 0.1) is 0 Å². The average molecular weight is 476 g/mol. The van der Waals surface area contributed by atoms with Crippen molar-refractivity contribution in [1.29, 1.82) is 0 Å². The Hall–Kier alpha value is -3.07. The Balaban J connectivity index is 2.38. The van der Waals surface area contributed by atoms with Crippen molar-refractivity contribution in [2.75, 3.05) is 37.3 Å². The molecular formula is C24H33N3O5S. The van der Waals surface area contributed by atoms with Gasteiger partial charge in [-0.05, 0) is 37.5 Å². The van der Waals surface area contributed by atoms with Crippen LogP contribution in [0.1, 0.15) is 25.8 Å². The molecule has 0 heterocycles. The molecule has 0 aliphatic carbocycles. The molecule has 9 heteroatoms. The first-order chi connectivity index (χ1) is 15.7. The Morgan fingerprint density at radius 2 is 1.67 bits per heavy atom. The topological polar surface area (TPSA) is 96.0 Å². The van der Waals surface area contributed by atoms with Crippen LogP contribution >= 0.6 is 0 Å². The molecule has 0 bridgehead atoms. The largest absolute Gasteiger partial charge is 0.495 e. The SMILES string of the molecule is CCNC(=O)C(CC)N(CCc1ccccc1)C(=O)CN(c1ccccc1OC)S(C)(=O)=O. The van der Waals surface area contributed by atoms with Gasteiger partial charge in [0, 0.05) is 13.1 Å². The van der Waals surface area contributed by atoms with Crippen molar-refractivity contribution in [3.05, 3.63) is 60.2 Å². The Morgan fingerprint density at radius 1 is 1.03 bits per heavy atom. The molecule has 0 aliphatic rings. The number of nitrogens with zero attached hydrogens (tertiary/aromatic N) is 2. The molecule has 0 saturated carbocycles. The van der Waals surface area contributed by atoms with Crippen molar-refractivity contribution in [3.8, 4) is 5.75 Å². The van der Waals surface area contributed by atoms with Crippen LogP contribution in [-0.4, -0.2) is 64.2 Å². The van der Waals surface area contributed by atoms with E-state index in [0.29, 0.717) is 25.1 Å². The molecule has 2 aromatic rings. The van der Waals surface area contributed by atoms with Crippen LogP contribution in [0.5, 0.6) is 5.75 Å². The van der Waals surface area contributed by atoms with Crippen molar-refractivity contribution in [2.24, 2.45) is 0 Å². The number of ether oxygens (including phenoxy) is 1. The normalized spacial score (nSPS) is 12.0. The molecule has 180 valence electrons. The third-order valence-corrected chi connectivity index (χ3v) is 6.38. The number of amides is 2. The number of rotatable bonds is 12. The fourth-order valence-electron chi connectivity index (χ4n) is 3.62. The number of anilines is 1. The summed E-state index contributed by atoms with van der Waals surface area (Å²) in [5.41, 5.74) is 1.29. The molecule has 0 fully saturated rings. The molecule has 2 aromatic carbocycles. The highest BCUT2D eigenvalue weighted by atomic mass is 32.2. The predicted octanol–water partition coefficient (Wildman–Crippen LogP) is 2.45. The standard InChI is InChI=1S/C24H33N3O5S/c1-5-20(24(29)25-6-2)26(17-16-19-12-8-7-9-13-19)23(28)18-27(33(4,30)31)21-14-10-11-15-22(21)32-3/h7-15,20H,5-6,16-18H2,1-4H3,(H,25,29). The van der Waals surface area contributed by atoms with Crippen molar-refractivity contribution in [3.63, 3.8) is 0 Å². The van der Waals surface area contributed by atoms with Gasteiger partial charge in [0.1, 0.15) is 18.3 Å². The first kappa shape index (κ1) is 26.2. The zero-order valence-electron chi connectivity index (χ0n) is 19.7. The van der Waals surface area contributed by atoms with Crippen LogP contribution in [0.15, 0.2) is 54.6 Å². The van der Waals surface area contributed by atoms with E-state index in [4.69, 9.17) is 4.74 Å². The van der Waals surface area contributed by atoms with Crippen LogP contribution in [-0.2, 0) is 26.0 Å². The van der Waals surface area contributed by atoms with Gasteiger partial charge < -0.3 is 15.0 Å². The predicted molar refractivity (Wildman–Crippen MR) is 130 cm³/mol. The maximum atomic E-state index is 13.5. The van der Waals surface area contributed by atoms with Crippen LogP contribution < -0.4 is 14.4 Å². The monoisotopic (exact) mass is 475 g/mol. The molecule has 1 N–H and O–H groups in total. The molecule has 0 radical (unpaired) electrons. The summed E-state index contributed by atoms with van der Waals surface area (Å²) in [6.45, 7) is 3.92. The van der Waals surface area contributed by atoms with Gasteiger partial charge in [-0.25, -0.2) is 8.42 Å². The van der Waals surface area contributed by atoms with Crippen molar-refractivity contribution >= 4 is 27.5 Å². The van der Waals surface area contributed by atoms with E-state index in [1.165, 1.54) is 12.0 Å². The number of carbonyl (C=O) groups excluding carboxylic acids is 2. The minimum atomic E-state index is -3.80. The Labute approximate surface area is 196 Å². The lowest BCUT2D eigenvalue weighted by Crippen LogP contribution is -2.53. The number of likely N-dealkylation sites (N-methyl/N-ethyl adjacent to an activating group) is 1. The highest BCUT2D eigenvalue weighted by Gasteiger charge is 2.32. The van der Waals surface area contributed by atoms with Gasteiger partial charge in [-0.15, -0.1) is 0 Å². The summed E-state index contributed by atoms with van der Waals surface area (Å²) in [4.78, 5) is 27.7. The number of sulfonamides is 1. The summed E-state index contributed by atoms with van der Waals surface area (Å²) in [7, 11) is -2.36. The Kier molecular flexibility index (Phi) is 9.72. The molecule has 8 nitrogen and oxygen atoms in total. The first-order valence-electron chi connectivity index (χ1n) is 10.9. The van der Waals surface area contributed by atoms with Crippen LogP contribution in [0.2, 0.25) is 0 Å². The lowest BCUT2D eigenvalue weighted by molar-refractivity contribution is -0.139. The van der Waals surface area contributed by atoms with Gasteiger partial charge in [0.25, 0.3) is 0 Å². The van der Waals surface area contributed by atoms with Crippen LogP contribution in [0.25, 0.3) is 0 Å². The molecule has 1 unspecified atom stereocenters. The number of para-hydroxylation sites is 2. The molecule has 2 amide bonds. The molecular weight excluding hydrogens is 442 g/mol. The van der Waals surface area contributed by atoms with Gasteiger partial charge >= 0.3 is 0 Å². The van der Waals surface area contributed by atoms with Gasteiger partial charge in [-0.1, -0.05) is 49.4 Å². The maximum absolute atomic E-state index is 13.5. The second kappa shape index (κ2) is 12.2. The minimum Gasteiger partial charge on any atom is -0.495 e. The summed E-state index contributed by atoms with van der Waals surface area (Å²) in [6.07, 6.45) is 1.98. The van der Waals surface area contributed by atoms with Crippen LogP contribution in [0.3, 0.4) is 0 Å². The smallest absolute Gasteiger partial charge is 0.244 e. The molecule has 0 aliphatic heterocycles. The van der Waals surface area contributed by atoms with Crippen molar-refractivity contribution in [2.45, 2.75) is 32.7 Å². The summed E-state index contributed by atoms with van der Waals surface area (Å²) in [5.74, 6) is -0.382. The number of hydrogen-bond donors (Lipinski definition) is 1. The zero-order valence-corrected chi connectivity index (χ0v) is 20.5. The third kappa shape index (κ3) is 7.21. The number of benzene rings is 2.